The Hall–Kier alpha value is -1.92. The maximum atomic E-state index is 13.6. The molecule has 1 aromatic carbocycles. The number of nitrogens with zero attached hydrogens (tertiary/aromatic N) is 1. The van der Waals surface area contributed by atoms with Crippen LogP contribution >= 0.6 is 0 Å². The Balaban J connectivity index is 2.33. The minimum absolute atomic E-state index is 0.439. The van der Waals surface area contributed by atoms with Gasteiger partial charge in [-0.25, -0.2) is 17.6 Å². The van der Waals surface area contributed by atoms with Crippen molar-refractivity contribution in [3.63, 3.8) is 0 Å². The Morgan fingerprint density at radius 3 is 2.42 bits per heavy atom. The van der Waals surface area contributed by atoms with Crippen LogP contribution in [-0.4, -0.2) is 31.1 Å². The Morgan fingerprint density at radius 2 is 1.83 bits per heavy atom. The van der Waals surface area contributed by atoms with Crippen LogP contribution in [0.3, 0.4) is 0 Å². The Morgan fingerprint density at radius 1 is 1.17 bits per heavy atom. The van der Waals surface area contributed by atoms with Gasteiger partial charge < -0.3 is 5.32 Å². The first-order valence-corrected chi connectivity index (χ1v) is 7.68. The van der Waals surface area contributed by atoms with Crippen LogP contribution in [0.1, 0.15) is 18.5 Å². The van der Waals surface area contributed by atoms with E-state index < -0.39 is 29.3 Å². The molecule has 1 fully saturated rings. The molecule has 1 aliphatic heterocycles. The number of allylic oxidation sites excluding steroid dienone is 3. The zero-order chi connectivity index (χ0) is 17.7. The fourth-order valence-electron chi connectivity index (χ4n) is 2.67. The first-order chi connectivity index (χ1) is 11.4. The highest BCUT2D eigenvalue weighted by atomic mass is 19.2. The molecule has 1 aromatic rings. The molecule has 0 amide bonds. The fourth-order valence-corrected chi connectivity index (χ4v) is 2.67. The highest BCUT2D eigenvalue weighted by molar-refractivity contribution is 5.35. The van der Waals surface area contributed by atoms with Gasteiger partial charge in [0.15, 0.2) is 17.5 Å². The van der Waals surface area contributed by atoms with Gasteiger partial charge in [-0.2, -0.15) is 0 Å². The predicted octanol–water partition coefficient (Wildman–Crippen LogP) is 4.19. The summed E-state index contributed by atoms with van der Waals surface area (Å²) < 4.78 is 53.0. The van der Waals surface area contributed by atoms with Gasteiger partial charge in [0.1, 0.15) is 5.83 Å². The van der Waals surface area contributed by atoms with Crippen molar-refractivity contribution in [1.82, 2.24) is 10.2 Å². The molecule has 0 radical (unpaired) electrons. The largest absolute Gasteiger partial charge is 0.314 e. The van der Waals surface area contributed by atoms with Crippen molar-refractivity contribution < 1.29 is 17.6 Å². The molecule has 1 unspecified atom stereocenters. The van der Waals surface area contributed by atoms with Crippen molar-refractivity contribution in [2.45, 2.75) is 13.0 Å². The average molecular weight is 340 g/mol. The van der Waals surface area contributed by atoms with Crippen LogP contribution < -0.4 is 5.32 Å². The van der Waals surface area contributed by atoms with Gasteiger partial charge in [-0.3, -0.25) is 4.90 Å². The molecule has 0 bridgehead atoms. The topological polar surface area (TPSA) is 15.3 Å². The van der Waals surface area contributed by atoms with Gasteiger partial charge in [-0.15, -0.1) is 0 Å². The molecule has 0 saturated carbocycles. The number of halogens is 4. The quantitative estimate of drug-likeness (QED) is 0.639. The minimum Gasteiger partial charge on any atom is -0.314 e. The summed E-state index contributed by atoms with van der Waals surface area (Å²) in [5, 5.41) is 3.21. The molecular formula is C18H20F4N2. The van der Waals surface area contributed by atoms with Gasteiger partial charge in [0.25, 0.3) is 0 Å². The van der Waals surface area contributed by atoms with E-state index in [1.54, 1.807) is 0 Å². The van der Waals surface area contributed by atoms with E-state index in [9.17, 15) is 17.6 Å². The molecule has 0 aliphatic carbocycles. The van der Waals surface area contributed by atoms with Crippen molar-refractivity contribution >= 4 is 0 Å². The van der Waals surface area contributed by atoms with E-state index in [0.29, 0.717) is 24.2 Å². The van der Waals surface area contributed by atoms with E-state index in [4.69, 9.17) is 0 Å². The summed E-state index contributed by atoms with van der Waals surface area (Å²) >= 11 is 0. The molecule has 130 valence electrons. The first-order valence-electron chi connectivity index (χ1n) is 7.68. The third-order valence-corrected chi connectivity index (χ3v) is 3.90. The van der Waals surface area contributed by atoms with Crippen LogP contribution in [0.5, 0.6) is 0 Å². The van der Waals surface area contributed by atoms with E-state index in [1.807, 2.05) is 4.90 Å². The van der Waals surface area contributed by atoms with Crippen LogP contribution in [0.25, 0.3) is 0 Å². The normalized spacial score (nSPS) is 18.5. The lowest BCUT2D eigenvalue weighted by atomic mass is 9.96. The average Bonchev–Trinajstić information content (AvgIpc) is 2.57. The third-order valence-electron chi connectivity index (χ3n) is 3.90. The van der Waals surface area contributed by atoms with E-state index in [-0.39, 0.29) is 0 Å². The lowest BCUT2D eigenvalue weighted by molar-refractivity contribution is 0.198. The van der Waals surface area contributed by atoms with E-state index in [1.165, 1.54) is 12.1 Å². The van der Waals surface area contributed by atoms with Crippen molar-refractivity contribution in [3.8, 4) is 0 Å². The zero-order valence-electron chi connectivity index (χ0n) is 13.5. The number of piperazine rings is 1. The Kier molecular flexibility index (Phi) is 6.34. The molecule has 0 spiro atoms. The SMILES string of the molecule is C=C(/C=C\C(F)=C(/C)F)C(c1ccc(F)c(F)c1)N1CCNCC1. The van der Waals surface area contributed by atoms with Crippen molar-refractivity contribution in [2.75, 3.05) is 26.2 Å². The summed E-state index contributed by atoms with van der Waals surface area (Å²) in [5.41, 5.74) is 0.992. The summed E-state index contributed by atoms with van der Waals surface area (Å²) in [6.07, 6.45) is 2.36. The summed E-state index contributed by atoms with van der Waals surface area (Å²) in [5.74, 6) is -3.79. The molecule has 1 aliphatic rings. The van der Waals surface area contributed by atoms with Crippen LogP contribution in [0, 0.1) is 11.6 Å². The highest BCUT2D eigenvalue weighted by Crippen LogP contribution is 2.30. The van der Waals surface area contributed by atoms with Gasteiger partial charge in [-0.1, -0.05) is 18.7 Å². The van der Waals surface area contributed by atoms with E-state index in [2.05, 4.69) is 11.9 Å². The van der Waals surface area contributed by atoms with Crippen LogP contribution in [0.2, 0.25) is 0 Å². The number of hydrogen-bond acceptors (Lipinski definition) is 2. The van der Waals surface area contributed by atoms with Gasteiger partial charge >= 0.3 is 0 Å². The molecule has 2 nitrogen and oxygen atoms in total. The lowest BCUT2D eigenvalue weighted by Crippen LogP contribution is -2.45. The second kappa shape index (κ2) is 8.26. The maximum absolute atomic E-state index is 13.6. The molecule has 1 saturated heterocycles. The lowest BCUT2D eigenvalue weighted by Gasteiger charge is -2.35. The number of rotatable bonds is 5. The highest BCUT2D eigenvalue weighted by Gasteiger charge is 2.24. The van der Waals surface area contributed by atoms with Crippen molar-refractivity contribution in [2.24, 2.45) is 0 Å². The number of hydrogen-bond donors (Lipinski definition) is 1. The minimum atomic E-state index is -0.986. The molecule has 1 heterocycles. The summed E-state index contributed by atoms with van der Waals surface area (Å²) in [6, 6.07) is 3.22. The molecular weight excluding hydrogens is 320 g/mol. The predicted molar refractivity (Wildman–Crippen MR) is 86.7 cm³/mol. The Labute approximate surface area is 139 Å². The molecule has 2 rings (SSSR count). The zero-order valence-corrected chi connectivity index (χ0v) is 13.5. The van der Waals surface area contributed by atoms with Crippen LogP contribution in [0.15, 0.2) is 54.2 Å². The fraction of sp³-hybridized carbons (Fsp3) is 0.333. The van der Waals surface area contributed by atoms with Gasteiger partial charge in [0.2, 0.25) is 0 Å². The standard InChI is InChI=1S/C18H20F4N2/c1-12(3-5-15(20)13(2)19)18(24-9-7-23-8-10-24)14-4-6-16(21)17(22)11-14/h3-6,11,18,23H,1,7-10H2,2H3/b5-3-,15-13-. The second-order valence-electron chi connectivity index (χ2n) is 5.65. The monoisotopic (exact) mass is 340 g/mol. The molecule has 6 heteroatoms. The van der Waals surface area contributed by atoms with E-state index in [0.717, 1.165) is 38.2 Å². The van der Waals surface area contributed by atoms with Gasteiger partial charge in [0.05, 0.1) is 6.04 Å². The van der Waals surface area contributed by atoms with Crippen LogP contribution in [0.4, 0.5) is 17.6 Å². The Bertz CT molecular complexity index is 657. The van der Waals surface area contributed by atoms with Crippen molar-refractivity contribution in [3.05, 3.63) is 71.4 Å². The summed E-state index contributed by atoms with van der Waals surface area (Å²) in [6.45, 7) is 7.78. The summed E-state index contributed by atoms with van der Waals surface area (Å²) in [4.78, 5) is 2.04. The van der Waals surface area contributed by atoms with E-state index >= 15 is 0 Å². The molecule has 24 heavy (non-hydrogen) atoms. The maximum Gasteiger partial charge on any atom is 0.159 e. The van der Waals surface area contributed by atoms with Crippen molar-refractivity contribution in [1.29, 1.82) is 0 Å². The van der Waals surface area contributed by atoms with Crippen LogP contribution in [-0.2, 0) is 0 Å². The first kappa shape index (κ1) is 18.4. The number of benzene rings is 1. The molecule has 0 aromatic heterocycles. The third kappa shape index (κ3) is 4.55. The molecule has 1 atom stereocenters. The second-order valence-corrected chi connectivity index (χ2v) is 5.65. The van der Waals surface area contributed by atoms with Gasteiger partial charge in [-0.05, 0) is 36.3 Å². The smallest absolute Gasteiger partial charge is 0.159 e. The van der Waals surface area contributed by atoms with Gasteiger partial charge in [0, 0.05) is 26.2 Å². The number of nitrogens with one attached hydrogen (secondary N) is 1. The summed E-state index contributed by atoms with van der Waals surface area (Å²) in [7, 11) is 0. The molecule has 1 N–H and O–H groups in total.